The molecule has 0 aromatic carbocycles. The van der Waals surface area contributed by atoms with Crippen LogP contribution in [0.3, 0.4) is 0 Å². The van der Waals surface area contributed by atoms with Crippen molar-refractivity contribution in [2.75, 3.05) is 40.6 Å². The minimum Gasteiger partial charge on any atom is -0.391 e. The van der Waals surface area contributed by atoms with Gasteiger partial charge >= 0.3 is 0 Å². The van der Waals surface area contributed by atoms with E-state index in [-0.39, 0.29) is 6.61 Å². The average Bonchev–Trinajstić information content (AvgIpc) is 2.31. The molecule has 0 aliphatic rings. The summed E-state index contributed by atoms with van der Waals surface area (Å²) in [7, 11) is 4.17. The Hall–Kier alpha value is -0.120. The molecule has 0 aromatic heterocycles. The van der Waals surface area contributed by atoms with Gasteiger partial charge in [0.2, 0.25) is 0 Å². The molecular formula is C15H34NO2+. The summed E-state index contributed by atoms with van der Waals surface area (Å²) >= 11 is 0. The molecule has 0 aromatic rings. The van der Waals surface area contributed by atoms with Crippen molar-refractivity contribution in [3.8, 4) is 0 Å². The maximum absolute atomic E-state index is 8.89. The summed E-state index contributed by atoms with van der Waals surface area (Å²) in [6.45, 7) is 4.82. The lowest BCUT2D eigenvalue weighted by molar-refractivity contribution is -0.910. The molecule has 0 aliphatic carbocycles. The molecule has 18 heavy (non-hydrogen) atoms. The Labute approximate surface area is 114 Å². The van der Waals surface area contributed by atoms with Gasteiger partial charge in [-0.25, -0.2) is 0 Å². The predicted octanol–water partition coefficient (Wildman–Crippen LogP) is 3.17. The third-order valence-corrected chi connectivity index (χ3v) is 3.29. The highest BCUT2D eigenvalue weighted by Gasteiger charge is 2.13. The summed E-state index contributed by atoms with van der Waals surface area (Å²) in [5, 5.41) is 8.89. The first-order chi connectivity index (χ1) is 8.62. The number of aliphatic hydroxyl groups is 1. The van der Waals surface area contributed by atoms with E-state index < -0.39 is 0 Å². The molecule has 0 radical (unpaired) electrons. The van der Waals surface area contributed by atoms with Gasteiger partial charge in [0, 0.05) is 0 Å². The fraction of sp³-hybridized carbons (Fsp3) is 1.00. The Kier molecular flexibility index (Phi) is 11.9. The molecule has 0 fully saturated rings. The van der Waals surface area contributed by atoms with Crippen molar-refractivity contribution < 1.29 is 14.3 Å². The lowest BCUT2D eigenvalue weighted by Crippen LogP contribution is -2.43. The van der Waals surface area contributed by atoms with Gasteiger partial charge in [-0.3, -0.25) is 0 Å². The summed E-state index contributed by atoms with van der Waals surface area (Å²) in [5.41, 5.74) is 0. The van der Waals surface area contributed by atoms with Crippen LogP contribution in [0.5, 0.6) is 0 Å². The molecule has 0 rings (SSSR count). The van der Waals surface area contributed by atoms with Crippen LogP contribution in [0.4, 0.5) is 0 Å². The summed E-state index contributed by atoms with van der Waals surface area (Å²) in [6, 6.07) is 0. The van der Waals surface area contributed by atoms with Crippen molar-refractivity contribution in [3.63, 3.8) is 0 Å². The van der Waals surface area contributed by atoms with Crippen molar-refractivity contribution in [1.82, 2.24) is 0 Å². The van der Waals surface area contributed by atoms with Crippen LogP contribution >= 0.6 is 0 Å². The molecule has 1 N–H and O–H groups in total. The van der Waals surface area contributed by atoms with Crippen LogP contribution < -0.4 is 0 Å². The van der Waals surface area contributed by atoms with Crippen LogP contribution in [0.25, 0.3) is 0 Å². The van der Waals surface area contributed by atoms with E-state index in [1.54, 1.807) is 0 Å². The van der Waals surface area contributed by atoms with Gasteiger partial charge in [0.05, 0.1) is 27.3 Å². The van der Waals surface area contributed by atoms with Crippen molar-refractivity contribution in [2.24, 2.45) is 0 Å². The zero-order valence-corrected chi connectivity index (χ0v) is 12.8. The number of aliphatic hydroxyl groups excluding tert-OH is 1. The average molecular weight is 260 g/mol. The van der Waals surface area contributed by atoms with E-state index >= 15 is 0 Å². The lowest BCUT2D eigenvalue weighted by Gasteiger charge is -2.28. The first-order valence-corrected chi connectivity index (χ1v) is 7.63. The maximum Gasteiger partial charge on any atom is 0.182 e. The van der Waals surface area contributed by atoms with E-state index in [4.69, 9.17) is 9.84 Å². The summed E-state index contributed by atoms with van der Waals surface area (Å²) in [6.07, 6.45) is 10.7. The van der Waals surface area contributed by atoms with Crippen LogP contribution in [0.1, 0.15) is 58.3 Å². The van der Waals surface area contributed by atoms with Gasteiger partial charge in [-0.2, -0.15) is 0 Å². The summed E-state index contributed by atoms with van der Waals surface area (Å²) in [5.74, 6) is 0. The topological polar surface area (TPSA) is 29.5 Å². The van der Waals surface area contributed by atoms with E-state index in [1.165, 1.54) is 51.4 Å². The Morgan fingerprint density at radius 1 is 0.889 bits per heavy atom. The van der Waals surface area contributed by atoms with E-state index in [2.05, 4.69) is 21.0 Å². The standard InChI is InChI=1S/C15H34NO2/c1-4-5-6-7-8-9-10-11-14-18-15-16(2,3)12-13-17/h17H,4-15H2,1-3H3/q+1. The van der Waals surface area contributed by atoms with Crippen molar-refractivity contribution in [2.45, 2.75) is 58.3 Å². The molecule has 0 amide bonds. The first-order valence-electron chi connectivity index (χ1n) is 7.63. The van der Waals surface area contributed by atoms with Crippen LogP contribution in [-0.2, 0) is 4.74 Å². The Balaban J connectivity index is 3.16. The van der Waals surface area contributed by atoms with Crippen molar-refractivity contribution >= 4 is 0 Å². The molecule has 0 spiro atoms. The molecular weight excluding hydrogens is 226 g/mol. The number of ether oxygens (including phenoxy) is 1. The minimum atomic E-state index is 0.230. The number of nitrogens with zero attached hydrogens (tertiary/aromatic N) is 1. The SMILES string of the molecule is CCCCCCCCCCOC[N+](C)(C)CCO. The van der Waals surface area contributed by atoms with Gasteiger partial charge in [0.15, 0.2) is 6.73 Å². The van der Waals surface area contributed by atoms with Crippen molar-refractivity contribution in [1.29, 1.82) is 0 Å². The summed E-state index contributed by atoms with van der Waals surface area (Å²) < 4.78 is 6.40. The smallest absolute Gasteiger partial charge is 0.182 e. The second-order valence-corrected chi connectivity index (χ2v) is 5.90. The fourth-order valence-electron chi connectivity index (χ4n) is 1.98. The molecule has 3 heteroatoms. The number of hydrogen-bond donors (Lipinski definition) is 1. The van der Waals surface area contributed by atoms with E-state index in [9.17, 15) is 0 Å². The maximum atomic E-state index is 8.89. The number of hydrogen-bond acceptors (Lipinski definition) is 2. The molecule has 0 saturated heterocycles. The quantitative estimate of drug-likeness (QED) is 0.313. The molecule has 0 bridgehead atoms. The molecule has 0 unspecified atom stereocenters. The van der Waals surface area contributed by atoms with Crippen LogP contribution in [0.15, 0.2) is 0 Å². The monoisotopic (exact) mass is 260 g/mol. The van der Waals surface area contributed by atoms with Crippen molar-refractivity contribution in [3.05, 3.63) is 0 Å². The minimum absolute atomic E-state index is 0.230. The predicted molar refractivity (Wildman–Crippen MR) is 77.5 cm³/mol. The third kappa shape index (κ3) is 12.3. The summed E-state index contributed by atoms with van der Waals surface area (Å²) in [4.78, 5) is 0. The number of rotatable bonds is 13. The van der Waals surface area contributed by atoms with Gasteiger partial charge in [-0.15, -0.1) is 0 Å². The van der Waals surface area contributed by atoms with Gasteiger partial charge in [-0.05, 0) is 6.42 Å². The van der Waals surface area contributed by atoms with E-state index in [0.29, 0.717) is 6.73 Å². The highest BCUT2D eigenvalue weighted by molar-refractivity contribution is 4.45. The normalized spacial score (nSPS) is 12.0. The Bertz CT molecular complexity index is 172. The van der Waals surface area contributed by atoms with E-state index in [0.717, 1.165) is 17.6 Å². The largest absolute Gasteiger partial charge is 0.391 e. The first kappa shape index (κ1) is 17.9. The fourth-order valence-corrected chi connectivity index (χ4v) is 1.98. The second-order valence-electron chi connectivity index (χ2n) is 5.90. The molecule has 0 saturated carbocycles. The number of likely N-dealkylation sites (N-methyl/N-ethyl adjacent to an activating group) is 1. The number of unbranched alkanes of at least 4 members (excludes halogenated alkanes) is 7. The zero-order valence-electron chi connectivity index (χ0n) is 12.8. The van der Waals surface area contributed by atoms with E-state index in [1.807, 2.05) is 0 Å². The third-order valence-electron chi connectivity index (χ3n) is 3.29. The highest BCUT2D eigenvalue weighted by atomic mass is 16.5. The van der Waals surface area contributed by atoms with Crippen LogP contribution in [0.2, 0.25) is 0 Å². The molecule has 3 nitrogen and oxygen atoms in total. The Morgan fingerprint density at radius 2 is 1.44 bits per heavy atom. The van der Waals surface area contributed by atoms with Gasteiger partial charge in [-0.1, -0.05) is 51.9 Å². The Morgan fingerprint density at radius 3 is 2.00 bits per heavy atom. The van der Waals surface area contributed by atoms with Gasteiger partial charge in [0.25, 0.3) is 0 Å². The molecule has 0 atom stereocenters. The highest BCUT2D eigenvalue weighted by Crippen LogP contribution is 2.08. The van der Waals surface area contributed by atoms with Gasteiger partial charge in [0.1, 0.15) is 6.54 Å². The second kappa shape index (κ2) is 11.9. The van der Waals surface area contributed by atoms with Crippen LogP contribution in [0, 0.1) is 0 Å². The molecule has 0 heterocycles. The van der Waals surface area contributed by atoms with Gasteiger partial charge < -0.3 is 14.3 Å². The number of quaternary nitrogens is 1. The molecule has 0 aliphatic heterocycles. The lowest BCUT2D eigenvalue weighted by atomic mass is 10.1. The zero-order chi connectivity index (χ0) is 13.7. The molecule has 110 valence electrons. The van der Waals surface area contributed by atoms with Crippen LogP contribution in [-0.4, -0.2) is 50.2 Å².